The number of Topliss-reactive ketones (excluding diaryl/α,β-unsaturated/α-hetero) is 1. The summed E-state index contributed by atoms with van der Waals surface area (Å²) in [5.41, 5.74) is 6.54. The Morgan fingerprint density at radius 3 is 2.28 bits per heavy atom. The molecule has 1 saturated heterocycles. The molecule has 1 aliphatic rings. The molecule has 2 heterocycles. The predicted octanol–water partition coefficient (Wildman–Crippen LogP) is 6.78. The number of benzene rings is 1. The molecule has 2 aromatic rings. The van der Waals surface area contributed by atoms with Gasteiger partial charge in [-0.2, -0.15) is 0 Å². The number of hydrogen-bond donors (Lipinski definition) is 3. The van der Waals surface area contributed by atoms with E-state index in [0.717, 1.165) is 44.2 Å². The molecule has 362 valence electrons. The highest BCUT2D eigenvalue weighted by atomic mass is 32.1. The lowest BCUT2D eigenvalue weighted by atomic mass is 9.82. The Hall–Kier alpha value is -3.51. The van der Waals surface area contributed by atoms with Crippen molar-refractivity contribution in [3.8, 4) is 5.75 Å². The average Bonchev–Trinajstić information content (AvgIpc) is 3.78. The number of piperidine rings is 1. The van der Waals surface area contributed by atoms with E-state index in [2.05, 4.69) is 37.9 Å². The second-order valence-electron chi connectivity index (χ2n) is 17.4. The van der Waals surface area contributed by atoms with Crippen molar-refractivity contribution in [1.82, 2.24) is 20.1 Å². The molecular formula is C48H79N5O10S. The largest absolute Gasteiger partial charge is 0.491 e. The Morgan fingerprint density at radius 1 is 0.953 bits per heavy atom. The summed E-state index contributed by atoms with van der Waals surface area (Å²) in [6.07, 6.45) is 5.09. The first kappa shape index (κ1) is 54.8. The number of hydrogen-bond acceptors (Lipinski definition) is 13. The molecule has 4 N–H and O–H groups in total. The monoisotopic (exact) mass is 918 g/mol. The average molecular weight is 918 g/mol. The molecule has 0 saturated carbocycles. The fourth-order valence-corrected chi connectivity index (χ4v) is 8.86. The van der Waals surface area contributed by atoms with Crippen molar-refractivity contribution in [1.29, 1.82) is 0 Å². The van der Waals surface area contributed by atoms with Gasteiger partial charge in [-0.05, 0) is 82.2 Å². The topological polar surface area (TPSA) is 192 Å². The smallest absolute Gasteiger partial charge is 0.306 e. The Bertz CT molecular complexity index is 1660. The number of likely N-dealkylation sites (N-methyl/N-ethyl adjacent to an activating group) is 1. The number of aliphatic carboxylic acids is 1. The van der Waals surface area contributed by atoms with Crippen LogP contribution in [0.25, 0.3) is 0 Å². The molecule has 0 bridgehead atoms. The molecule has 1 aliphatic heterocycles. The van der Waals surface area contributed by atoms with E-state index in [1.165, 1.54) is 11.3 Å². The van der Waals surface area contributed by atoms with Gasteiger partial charge in [0.15, 0.2) is 5.78 Å². The molecule has 64 heavy (non-hydrogen) atoms. The minimum Gasteiger partial charge on any atom is -0.491 e. The normalized spacial score (nSPS) is 17.3. The number of nitrogens with one attached hydrogen (secondary N) is 1. The lowest BCUT2D eigenvalue weighted by Gasteiger charge is -2.39. The number of ketones is 1. The highest BCUT2D eigenvalue weighted by Crippen LogP contribution is 2.34. The number of nitrogens with two attached hydrogens (primary N) is 1. The van der Waals surface area contributed by atoms with E-state index in [1.807, 2.05) is 50.1 Å². The van der Waals surface area contributed by atoms with Crippen LogP contribution in [-0.4, -0.2) is 135 Å². The minimum atomic E-state index is -0.946. The van der Waals surface area contributed by atoms with Gasteiger partial charge < -0.3 is 44.7 Å². The maximum Gasteiger partial charge on any atom is 0.306 e. The van der Waals surface area contributed by atoms with Gasteiger partial charge in [-0.25, -0.2) is 4.98 Å². The molecule has 16 heteroatoms. The number of amides is 2. The molecule has 0 radical (unpaired) electrons. The standard InChI is InChI=1S/C48H79N5O10S/c1-9-21-63-44(30-42(33(4)5)53(32-59-11-3)47(56)39(34(6)10-2)29-43(54)41-14-12-13-20-52(41)8)46-51-40(31-64-46)45(55)50-37(27-35(7)48(57)58)28-36-15-17-38(18-16-36)62-26-25-61-24-23-60-22-19-49/h15-18,31,33-35,37,39,41-42,44H,9-14,19-30,32,49H2,1-8H3,(H,50,55)(H,57,58)/t34-,35-,37+,39-,41+,42+,44+/m0/s1. The zero-order valence-corrected chi connectivity index (χ0v) is 40.7. The van der Waals surface area contributed by atoms with Crippen molar-refractivity contribution in [2.75, 3.05) is 73.1 Å². The van der Waals surface area contributed by atoms with E-state index in [0.29, 0.717) is 76.4 Å². The van der Waals surface area contributed by atoms with Gasteiger partial charge in [-0.1, -0.05) is 66.5 Å². The van der Waals surface area contributed by atoms with Gasteiger partial charge in [0.05, 0.1) is 38.4 Å². The SMILES string of the molecule is CCCO[C@H](C[C@H](C(C)C)N(COCC)C(=O)[C@@H](CC(=O)[C@H]1CCCCN1C)[C@@H](C)CC)c1nc(C(=O)N[C@@H](Cc2ccc(OCCOCCOCCN)cc2)C[C@H](C)C(=O)O)cs1. The molecule has 7 atom stereocenters. The number of ether oxygens (including phenoxy) is 5. The number of rotatable bonds is 33. The predicted molar refractivity (Wildman–Crippen MR) is 250 cm³/mol. The van der Waals surface area contributed by atoms with Crippen LogP contribution in [0, 0.1) is 23.7 Å². The highest BCUT2D eigenvalue weighted by molar-refractivity contribution is 7.09. The molecule has 3 rings (SSSR count). The summed E-state index contributed by atoms with van der Waals surface area (Å²) in [7, 11) is 2.00. The summed E-state index contributed by atoms with van der Waals surface area (Å²) in [4.78, 5) is 63.2. The van der Waals surface area contributed by atoms with Crippen LogP contribution < -0.4 is 15.8 Å². The third kappa shape index (κ3) is 18.4. The molecule has 0 aliphatic carbocycles. The first-order chi connectivity index (χ1) is 30.7. The number of aromatic nitrogens is 1. The van der Waals surface area contributed by atoms with Crippen LogP contribution in [-0.2, 0) is 39.8 Å². The zero-order valence-electron chi connectivity index (χ0n) is 39.9. The van der Waals surface area contributed by atoms with Crippen molar-refractivity contribution in [3.63, 3.8) is 0 Å². The van der Waals surface area contributed by atoms with Crippen molar-refractivity contribution in [3.05, 3.63) is 45.9 Å². The minimum absolute atomic E-state index is 0.00133. The molecule has 15 nitrogen and oxygen atoms in total. The van der Waals surface area contributed by atoms with Gasteiger partial charge in [0.1, 0.15) is 35.9 Å². The molecule has 1 fully saturated rings. The Balaban J connectivity index is 1.79. The third-order valence-corrected chi connectivity index (χ3v) is 13.0. The second kappa shape index (κ2) is 29.9. The van der Waals surface area contributed by atoms with Gasteiger partial charge in [0, 0.05) is 56.0 Å². The number of thiazole rings is 1. The summed E-state index contributed by atoms with van der Waals surface area (Å²) in [5.74, 6) is -1.86. The Kier molecular flexibility index (Phi) is 25.6. The van der Waals surface area contributed by atoms with Gasteiger partial charge in [-0.3, -0.25) is 24.1 Å². The summed E-state index contributed by atoms with van der Waals surface area (Å²) in [5, 5.41) is 15.2. The van der Waals surface area contributed by atoms with E-state index < -0.39 is 35.9 Å². The maximum absolute atomic E-state index is 14.8. The maximum atomic E-state index is 14.8. The van der Waals surface area contributed by atoms with Crippen LogP contribution in [0.2, 0.25) is 0 Å². The number of carbonyl (C=O) groups is 4. The number of likely N-dealkylation sites (tertiary alicyclic amines) is 1. The number of carbonyl (C=O) groups excluding carboxylic acids is 3. The zero-order chi connectivity index (χ0) is 47.0. The quantitative estimate of drug-likeness (QED) is 0.0502. The summed E-state index contributed by atoms with van der Waals surface area (Å²) < 4.78 is 29.1. The van der Waals surface area contributed by atoms with Gasteiger partial charge in [0.25, 0.3) is 5.91 Å². The summed E-state index contributed by atoms with van der Waals surface area (Å²) in [6.45, 7) is 18.3. The van der Waals surface area contributed by atoms with Crippen LogP contribution in [0.4, 0.5) is 0 Å². The van der Waals surface area contributed by atoms with E-state index in [1.54, 1.807) is 12.3 Å². The highest BCUT2D eigenvalue weighted by Gasteiger charge is 2.39. The van der Waals surface area contributed by atoms with Crippen LogP contribution in [0.3, 0.4) is 0 Å². The fraction of sp³-hybridized carbons (Fsp3) is 0.729. The number of nitrogens with zero attached hydrogens (tertiary/aromatic N) is 3. The van der Waals surface area contributed by atoms with Crippen LogP contribution >= 0.6 is 11.3 Å². The first-order valence-electron chi connectivity index (χ1n) is 23.5. The summed E-state index contributed by atoms with van der Waals surface area (Å²) in [6, 6.07) is 6.51. The van der Waals surface area contributed by atoms with Gasteiger partial charge >= 0.3 is 5.97 Å². The number of carboxylic acids is 1. The Labute approximate surface area is 386 Å². The molecule has 0 unspecified atom stereocenters. The van der Waals surface area contributed by atoms with Crippen LogP contribution in [0.1, 0.15) is 127 Å². The fourth-order valence-electron chi connectivity index (χ4n) is 8.01. The van der Waals surface area contributed by atoms with Crippen molar-refractivity contribution in [2.24, 2.45) is 29.4 Å². The van der Waals surface area contributed by atoms with Crippen molar-refractivity contribution in [2.45, 2.75) is 130 Å². The van der Waals surface area contributed by atoms with E-state index >= 15 is 0 Å². The Morgan fingerprint density at radius 2 is 1.66 bits per heavy atom. The van der Waals surface area contributed by atoms with Crippen LogP contribution in [0.15, 0.2) is 29.6 Å². The molecule has 2 amide bonds. The third-order valence-electron chi connectivity index (χ3n) is 12.0. The summed E-state index contributed by atoms with van der Waals surface area (Å²) >= 11 is 1.32. The molecule has 1 aromatic carbocycles. The van der Waals surface area contributed by atoms with E-state index in [9.17, 15) is 24.3 Å². The van der Waals surface area contributed by atoms with E-state index in [4.69, 9.17) is 34.4 Å². The second-order valence-corrected chi connectivity index (χ2v) is 18.3. The van der Waals surface area contributed by atoms with E-state index in [-0.39, 0.29) is 60.9 Å². The number of carboxylic acid groups (broad SMARTS) is 1. The van der Waals surface area contributed by atoms with Gasteiger partial charge in [-0.15, -0.1) is 11.3 Å². The van der Waals surface area contributed by atoms with Crippen molar-refractivity contribution < 1.29 is 48.0 Å². The van der Waals surface area contributed by atoms with Crippen LogP contribution in [0.5, 0.6) is 5.75 Å². The molecular weight excluding hydrogens is 839 g/mol. The van der Waals surface area contributed by atoms with Gasteiger partial charge in [0.2, 0.25) is 5.91 Å². The first-order valence-corrected chi connectivity index (χ1v) is 24.4. The molecule has 0 spiro atoms. The lowest BCUT2D eigenvalue weighted by Crippen LogP contribution is -2.50. The van der Waals surface area contributed by atoms with Crippen molar-refractivity contribution >= 4 is 34.9 Å². The molecule has 1 aromatic heterocycles. The lowest BCUT2D eigenvalue weighted by molar-refractivity contribution is -0.151.